The number of hydrogen-bond donors (Lipinski definition) is 1. The van der Waals surface area contributed by atoms with E-state index < -0.39 is 0 Å². The van der Waals surface area contributed by atoms with Gasteiger partial charge < -0.3 is 5.32 Å². The highest BCUT2D eigenvalue weighted by atomic mass is 35.5. The Bertz CT molecular complexity index is 1040. The van der Waals surface area contributed by atoms with E-state index in [4.69, 9.17) is 23.2 Å². The number of aryl methyl sites for hydroxylation is 2. The number of amides is 1. The van der Waals surface area contributed by atoms with Crippen molar-refractivity contribution in [2.45, 2.75) is 32.6 Å². The molecule has 1 atom stereocenters. The smallest absolute Gasteiger partial charge is 0.255 e. The van der Waals surface area contributed by atoms with Crippen LogP contribution in [0.15, 0.2) is 60.7 Å². The van der Waals surface area contributed by atoms with E-state index in [1.54, 1.807) is 0 Å². The predicted molar refractivity (Wildman–Crippen MR) is 121 cm³/mol. The van der Waals surface area contributed by atoms with Gasteiger partial charge in [-0.2, -0.15) is 0 Å². The van der Waals surface area contributed by atoms with Crippen LogP contribution in [-0.4, -0.2) is 5.91 Å². The Hall–Kier alpha value is -2.29. The first kappa shape index (κ1) is 20.0. The van der Waals surface area contributed by atoms with E-state index in [0.29, 0.717) is 21.5 Å². The van der Waals surface area contributed by atoms with Crippen LogP contribution in [0, 0.1) is 12.8 Å². The monoisotopic (exact) mass is 423 g/mol. The molecule has 0 heterocycles. The molecule has 0 bridgehead atoms. The van der Waals surface area contributed by atoms with E-state index in [-0.39, 0.29) is 5.91 Å². The Labute approximate surface area is 181 Å². The van der Waals surface area contributed by atoms with Gasteiger partial charge in [-0.25, -0.2) is 0 Å². The molecular formula is C25H23Cl2NO. The lowest BCUT2D eigenvalue weighted by Crippen LogP contribution is -2.17. The van der Waals surface area contributed by atoms with Crippen molar-refractivity contribution < 1.29 is 4.79 Å². The van der Waals surface area contributed by atoms with Gasteiger partial charge in [-0.3, -0.25) is 4.79 Å². The van der Waals surface area contributed by atoms with Crippen molar-refractivity contribution in [3.8, 4) is 0 Å². The molecule has 2 nitrogen and oxygen atoms in total. The Kier molecular flexibility index (Phi) is 5.94. The zero-order valence-electron chi connectivity index (χ0n) is 16.3. The van der Waals surface area contributed by atoms with Crippen molar-refractivity contribution in [1.29, 1.82) is 0 Å². The molecule has 0 radical (unpaired) electrons. The lowest BCUT2D eigenvalue weighted by atomic mass is 9.81. The number of carbonyl (C=O) groups is 1. The third-order valence-corrected chi connectivity index (χ3v) is 6.43. The molecule has 29 heavy (non-hydrogen) atoms. The lowest BCUT2D eigenvalue weighted by Gasteiger charge is -2.25. The van der Waals surface area contributed by atoms with Gasteiger partial charge in [0.1, 0.15) is 0 Å². The fourth-order valence-corrected chi connectivity index (χ4v) is 4.40. The van der Waals surface area contributed by atoms with E-state index in [2.05, 4.69) is 17.4 Å². The van der Waals surface area contributed by atoms with Crippen molar-refractivity contribution >= 4 is 34.8 Å². The van der Waals surface area contributed by atoms with Gasteiger partial charge in [-0.05, 0) is 91.1 Å². The molecular weight excluding hydrogens is 401 g/mol. The second-order valence-electron chi connectivity index (χ2n) is 7.81. The number of hydrogen-bond acceptors (Lipinski definition) is 1. The molecule has 1 aliphatic carbocycles. The van der Waals surface area contributed by atoms with Crippen molar-refractivity contribution in [3.63, 3.8) is 0 Å². The van der Waals surface area contributed by atoms with Crippen LogP contribution in [0.5, 0.6) is 0 Å². The van der Waals surface area contributed by atoms with Crippen LogP contribution in [0.3, 0.4) is 0 Å². The lowest BCUT2D eigenvalue weighted by molar-refractivity contribution is 0.102. The molecule has 148 valence electrons. The Morgan fingerprint density at radius 1 is 1.00 bits per heavy atom. The van der Waals surface area contributed by atoms with Gasteiger partial charge >= 0.3 is 0 Å². The van der Waals surface area contributed by atoms with Gasteiger partial charge in [0.05, 0.1) is 10.0 Å². The number of anilines is 1. The predicted octanol–water partition coefficient (Wildman–Crippen LogP) is 6.90. The first-order chi connectivity index (χ1) is 14.0. The normalized spacial score (nSPS) is 15.6. The van der Waals surface area contributed by atoms with Gasteiger partial charge in [0.15, 0.2) is 0 Å². The summed E-state index contributed by atoms with van der Waals surface area (Å²) in [5.74, 6) is 0.496. The summed E-state index contributed by atoms with van der Waals surface area (Å²) in [6.07, 6.45) is 4.19. The zero-order valence-corrected chi connectivity index (χ0v) is 17.9. The molecule has 1 unspecified atom stereocenters. The van der Waals surface area contributed by atoms with E-state index >= 15 is 0 Å². The Morgan fingerprint density at radius 2 is 1.69 bits per heavy atom. The van der Waals surface area contributed by atoms with Gasteiger partial charge in [0.2, 0.25) is 0 Å². The molecule has 0 fully saturated rings. The topological polar surface area (TPSA) is 29.1 Å². The maximum atomic E-state index is 12.5. The molecule has 1 N–H and O–H groups in total. The maximum Gasteiger partial charge on any atom is 0.255 e. The van der Waals surface area contributed by atoms with Gasteiger partial charge in [0.25, 0.3) is 5.91 Å². The van der Waals surface area contributed by atoms with Crippen LogP contribution in [-0.2, 0) is 19.3 Å². The summed E-state index contributed by atoms with van der Waals surface area (Å²) in [7, 11) is 0. The van der Waals surface area contributed by atoms with Crippen LogP contribution < -0.4 is 5.32 Å². The molecule has 0 saturated heterocycles. The molecule has 0 saturated carbocycles. The molecule has 3 aromatic rings. The molecule has 1 aliphatic rings. The average molecular weight is 424 g/mol. The van der Waals surface area contributed by atoms with Gasteiger partial charge in [-0.15, -0.1) is 0 Å². The van der Waals surface area contributed by atoms with E-state index in [9.17, 15) is 4.79 Å². The van der Waals surface area contributed by atoms with Crippen molar-refractivity contribution in [3.05, 3.63) is 98.5 Å². The first-order valence-corrected chi connectivity index (χ1v) is 10.7. The van der Waals surface area contributed by atoms with Crippen molar-refractivity contribution in [2.24, 2.45) is 5.92 Å². The van der Waals surface area contributed by atoms with Gasteiger partial charge in [0, 0.05) is 11.3 Å². The summed E-state index contributed by atoms with van der Waals surface area (Å²) in [5.41, 5.74) is 6.46. The zero-order chi connectivity index (χ0) is 20.4. The van der Waals surface area contributed by atoms with Crippen molar-refractivity contribution in [2.75, 3.05) is 5.32 Å². The highest BCUT2D eigenvalue weighted by Gasteiger charge is 2.20. The average Bonchev–Trinajstić information content (AvgIpc) is 2.71. The first-order valence-electron chi connectivity index (χ1n) is 9.92. The number of benzene rings is 3. The standard InChI is InChI=1S/C25H23Cl2NO/c1-16-4-2-3-5-24(16)28-25(29)19-9-6-17(7-10-19)12-18-8-11-20-14-22(26)23(27)15-21(20)13-18/h2-7,9-10,14-15,18H,8,11-13H2,1H3,(H,28,29). The number of carbonyl (C=O) groups excluding carboxylic acids is 1. The van der Waals surface area contributed by atoms with E-state index in [0.717, 1.165) is 36.9 Å². The quantitative estimate of drug-likeness (QED) is 0.485. The molecule has 1 amide bonds. The summed E-state index contributed by atoms with van der Waals surface area (Å²) in [4.78, 5) is 12.5. The van der Waals surface area contributed by atoms with Crippen molar-refractivity contribution in [1.82, 2.24) is 0 Å². The molecule has 0 aliphatic heterocycles. The SMILES string of the molecule is Cc1ccccc1NC(=O)c1ccc(CC2CCc3cc(Cl)c(Cl)cc3C2)cc1. The molecule has 4 heteroatoms. The largest absolute Gasteiger partial charge is 0.322 e. The second kappa shape index (κ2) is 8.61. The van der Waals surface area contributed by atoms with E-state index in [1.807, 2.05) is 55.5 Å². The summed E-state index contributed by atoms with van der Waals surface area (Å²) in [5, 5.41) is 4.26. The number of nitrogens with one attached hydrogen (secondary N) is 1. The third-order valence-electron chi connectivity index (χ3n) is 5.71. The number of para-hydroxylation sites is 1. The molecule has 4 rings (SSSR count). The number of halogens is 2. The maximum absolute atomic E-state index is 12.5. The van der Waals surface area contributed by atoms with Crippen LogP contribution >= 0.6 is 23.2 Å². The minimum absolute atomic E-state index is 0.0797. The highest BCUT2D eigenvalue weighted by Crippen LogP contribution is 2.33. The Morgan fingerprint density at radius 3 is 2.41 bits per heavy atom. The van der Waals surface area contributed by atoms with Crippen LogP contribution in [0.4, 0.5) is 5.69 Å². The molecule has 3 aromatic carbocycles. The number of fused-ring (bicyclic) bond motifs is 1. The van der Waals surface area contributed by atoms with Crippen LogP contribution in [0.1, 0.15) is 39.0 Å². The summed E-state index contributed by atoms with van der Waals surface area (Å²) < 4.78 is 0. The summed E-state index contributed by atoms with van der Waals surface area (Å²) in [6, 6.07) is 19.8. The second-order valence-corrected chi connectivity index (χ2v) is 8.63. The fourth-order valence-electron chi connectivity index (χ4n) is 4.03. The van der Waals surface area contributed by atoms with Crippen LogP contribution in [0.25, 0.3) is 0 Å². The summed E-state index contributed by atoms with van der Waals surface area (Å²) in [6.45, 7) is 1.99. The minimum atomic E-state index is -0.0797. The third kappa shape index (κ3) is 4.66. The van der Waals surface area contributed by atoms with Gasteiger partial charge in [-0.1, -0.05) is 53.5 Å². The van der Waals surface area contributed by atoms with E-state index in [1.165, 1.54) is 16.7 Å². The molecule has 0 spiro atoms. The summed E-state index contributed by atoms with van der Waals surface area (Å²) >= 11 is 12.3. The minimum Gasteiger partial charge on any atom is -0.322 e. The Balaban J connectivity index is 1.40. The number of rotatable bonds is 4. The molecule has 0 aromatic heterocycles. The van der Waals surface area contributed by atoms with Crippen LogP contribution in [0.2, 0.25) is 10.0 Å². The highest BCUT2D eigenvalue weighted by molar-refractivity contribution is 6.42. The fraction of sp³-hybridized carbons (Fsp3) is 0.240.